The predicted molar refractivity (Wildman–Crippen MR) is 78.4 cm³/mol. The number of Topliss-reactive ketones (excluding diaryl/α,β-unsaturated/α-hetero) is 1. The molecule has 0 amide bonds. The largest absolute Gasteiger partial charge is 0.299 e. The van der Waals surface area contributed by atoms with Crippen molar-refractivity contribution in [2.45, 2.75) is 32.6 Å². The lowest BCUT2D eigenvalue weighted by molar-refractivity contribution is -0.121. The topological polar surface area (TPSA) is 47.8 Å². The molecule has 0 aliphatic carbocycles. The average Bonchev–Trinajstić information content (AvgIpc) is 2.85. The number of hydrogen-bond donors (Lipinski definition) is 0. The van der Waals surface area contributed by atoms with Gasteiger partial charge in [-0.05, 0) is 11.5 Å². The van der Waals surface area contributed by atoms with Crippen molar-refractivity contribution in [1.82, 2.24) is 15.0 Å². The van der Waals surface area contributed by atoms with Gasteiger partial charge in [-0.2, -0.15) is 0 Å². The van der Waals surface area contributed by atoms with E-state index in [1.54, 1.807) is 10.9 Å². The monoisotopic (exact) mass is 271 g/mol. The Balaban J connectivity index is 2.20. The highest BCUT2D eigenvalue weighted by Gasteiger charge is 2.26. The van der Waals surface area contributed by atoms with Crippen LogP contribution in [0, 0.1) is 5.92 Å². The van der Waals surface area contributed by atoms with Crippen molar-refractivity contribution in [3.63, 3.8) is 0 Å². The lowest BCUT2D eigenvalue weighted by atomic mass is 9.81. The fourth-order valence-corrected chi connectivity index (χ4v) is 2.49. The maximum absolute atomic E-state index is 12.6. The number of ketones is 1. The van der Waals surface area contributed by atoms with Crippen LogP contribution < -0.4 is 0 Å². The highest BCUT2D eigenvalue weighted by atomic mass is 16.1. The van der Waals surface area contributed by atoms with Gasteiger partial charge in [-0.25, -0.2) is 0 Å². The lowest BCUT2D eigenvalue weighted by Gasteiger charge is -2.22. The molecule has 4 heteroatoms. The summed E-state index contributed by atoms with van der Waals surface area (Å²) >= 11 is 0. The Kier molecular flexibility index (Phi) is 4.66. The maximum atomic E-state index is 12.6. The van der Waals surface area contributed by atoms with Crippen LogP contribution in [0.25, 0.3) is 0 Å². The summed E-state index contributed by atoms with van der Waals surface area (Å²) in [5.41, 5.74) is 1.83. The Morgan fingerprint density at radius 2 is 2.00 bits per heavy atom. The first-order valence-electron chi connectivity index (χ1n) is 7.04. The minimum Gasteiger partial charge on any atom is -0.299 e. The van der Waals surface area contributed by atoms with E-state index in [1.807, 2.05) is 37.4 Å². The molecule has 0 aliphatic rings. The molecule has 1 aromatic carbocycles. The van der Waals surface area contributed by atoms with E-state index in [4.69, 9.17) is 0 Å². The van der Waals surface area contributed by atoms with Crippen molar-refractivity contribution in [3.05, 3.63) is 47.8 Å². The molecule has 2 atom stereocenters. The summed E-state index contributed by atoms with van der Waals surface area (Å²) < 4.78 is 1.63. The van der Waals surface area contributed by atoms with E-state index in [0.717, 1.165) is 17.7 Å². The smallest absolute Gasteiger partial charge is 0.146 e. The number of carbonyl (C=O) groups is 1. The van der Waals surface area contributed by atoms with E-state index in [1.165, 1.54) is 0 Å². The third-order valence-electron chi connectivity index (χ3n) is 3.72. The first-order valence-corrected chi connectivity index (χ1v) is 7.04. The van der Waals surface area contributed by atoms with E-state index in [2.05, 4.69) is 24.2 Å². The highest BCUT2D eigenvalue weighted by molar-refractivity contribution is 5.87. The Morgan fingerprint density at radius 1 is 1.30 bits per heavy atom. The summed E-state index contributed by atoms with van der Waals surface area (Å²) in [6.45, 7) is 4.25. The first kappa shape index (κ1) is 14.4. The Hall–Kier alpha value is -1.97. The maximum Gasteiger partial charge on any atom is 0.146 e. The van der Waals surface area contributed by atoms with Gasteiger partial charge in [-0.15, -0.1) is 5.10 Å². The van der Waals surface area contributed by atoms with Gasteiger partial charge < -0.3 is 0 Å². The summed E-state index contributed by atoms with van der Waals surface area (Å²) in [6.07, 6.45) is 3.13. The second-order valence-electron chi connectivity index (χ2n) is 5.30. The van der Waals surface area contributed by atoms with Crippen molar-refractivity contribution >= 4 is 5.78 Å². The van der Waals surface area contributed by atoms with Crippen LogP contribution >= 0.6 is 0 Å². The van der Waals surface area contributed by atoms with Gasteiger partial charge in [0.25, 0.3) is 0 Å². The molecule has 1 aromatic heterocycles. The zero-order chi connectivity index (χ0) is 14.5. The van der Waals surface area contributed by atoms with Crippen LogP contribution in [0.1, 0.15) is 37.4 Å². The molecular formula is C16H21N3O. The van der Waals surface area contributed by atoms with Crippen molar-refractivity contribution < 1.29 is 4.79 Å². The number of hydrogen-bond acceptors (Lipinski definition) is 3. The predicted octanol–water partition coefficient (Wildman–Crippen LogP) is 2.76. The van der Waals surface area contributed by atoms with E-state index in [0.29, 0.717) is 12.3 Å². The van der Waals surface area contributed by atoms with Gasteiger partial charge in [0.05, 0.1) is 12.1 Å². The van der Waals surface area contributed by atoms with Crippen molar-refractivity contribution in [1.29, 1.82) is 0 Å². The number of aryl methyl sites for hydroxylation is 1. The summed E-state index contributed by atoms with van der Waals surface area (Å²) in [5.74, 6) is 0.468. The molecule has 2 aromatic rings. The van der Waals surface area contributed by atoms with Gasteiger partial charge in [-0.3, -0.25) is 9.48 Å². The molecule has 2 unspecified atom stereocenters. The first-order chi connectivity index (χ1) is 9.61. The van der Waals surface area contributed by atoms with Gasteiger partial charge in [0.1, 0.15) is 5.78 Å². The molecule has 0 aliphatic heterocycles. The summed E-state index contributed by atoms with van der Waals surface area (Å²) in [5, 5.41) is 7.89. The normalized spacial score (nSPS) is 13.9. The average molecular weight is 271 g/mol. The molecule has 0 saturated carbocycles. The quantitative estimate of drug-likeness (QED) is 0.811. The summed E-state index contributed by atoms with van der Waals surface area (Å²) in [4.78, 5) is 12.6. The molecule has 106 valence electrons. The van der Waals surface area contributed by atoms with E-state index < -0.39 is 0 Å². The number of nitrogens with zero attached hydrogens (tertiary/aromatic N) is 3. The zero-order valence-corrected chi connectivity index (χ0v) is 12.3. The van der Waals surface area contributed by atoms with Crippen LogP contribution in [0.5, 0.6) is 0 Å². The molecule has 0 radical (unpaired) electrons. The lowest BCUT2D eigenvalue weighted by Crippen LogP contribution is -2.21. The minimum absolute atomic E-state index is 0.0665. The molecule has 4 nitrogen and oxygen atoms in total. The number of carbonyl (C=O) groups excluding carboxylic acids is 1. The third kappa shape index (κ3) is 3.32. The van der Waals surface area contributed by atoms with Gasteiger partial charge in [0.2, 0.25) is 0 Å². The molecule has 20 heavy (non-hydrogen) atoms. The van der Waals surface area contributed by atoms with Crippen LogP contribution in [0.4, 0.5) is 0 Å². The molecule has 0 fully saturated rings. The second-order valence-corrected chi connectivity index (χ2v) is 5.30. The van der Waals surface area contributed by atoms with E-state index in [9.17, 15) is 4.79 Å². The van der Waals surface area contributed by atoms with Crippen LogP contribution in [0.3, 0.4) is 0 Å². The molecule has 0 saturated heterocycles. The highest BCUT2D eigenvalue weighted by Crippen LogP contribution is 2.28. The van der Waals surface area contributed by atoms with Gasteiger partial charge >= 0.3 is 0 Å². The van der Waals surface area contributed by atoms with Gasteiger partial charge in [0, 0.05) is 19.2 Å². The van der Waals surface area contributed by atoms with E-state index >= 15 is 0 Å². The van der Waals surface area contributed by atoms with Crippen LogP contribution in [-0.4, -0.2) is 20.8 Å². The van der Waals surface area contributed by atoms with Gasteiger partial charge in [-0.1, -0.05) is 55.8 Å². The van der Waals surface area contributed by atoms with Crippen LogP contribution in [0.15, 0.2) is 36.5 Å². The summed E-state index contributed by atoms with van der Waals surface area (Å²) in [7, 11) is 1.81. The molecule has 0 N–H and O–H groups in total. The summed E-state index contributed by atoms with van der Waals surface area (Å²) in [6, 6.07) is 10.0. The Morgan fingerprint density at radius 3 is 2.55 bits per heavy atom. The number of rotatable bonds is 6. The molecule has 0 bridgehead atoms. The van der Waals surface area contributed by atoms with Crippen molar-refractivity contribution in [3.8, 4) is 0 Å². The second kappa shape index (κ2) is 6.46. The Bertz CT molecular complexity index is 562. The van der Waals surface area contributed by atoms with Crippen molar-refractivity contribution in [2.24, 2.45) is 13.0 Å². The molecule has 1 heterocycles. The third-order valence-corrected chi connectivity index (χ3v) is 3.72. The SMILES string of the molecule is CCC(C)C(C(=O)Cc1cn(C)nn1)c1ccccc1. The number of aromatic nitrogens is 3. The van der Waals surface area contributed by atoms with Crippen molar-refractivity contribution in [2.75, 3.05) is 0 Å². The fourth-order valence-electron chi connectivity index (χ4n) is 2.49. The minimum atomic E-state index is -0.0665. The van der Waals surface area contributed by atoms with Crippen LogP contribution in [0.2, 0.25) is 0 Å². The Labute approximate surface area is 119 Å². The molecule has 2 rings (SSSR count). The molecule has 0 spiro atoms. The van der Waals surface area contributed by atoms with E-state index in [-0.39, 0.29) is 11.7 Å². The fraction of sp³-hybridized carbons (Fsp3) is 0.438. The standard InChI is InChI=1S/C16H21N3O/c1-4-12(2)16(13-8-6-5-7-9-13)15(20)10-14-11-19(3)18-17-14/h5-9,11-12,16H,4,10H2,1-3H3. The number of benzene rings is 1. The van der Waals surface area contributed by atoms with Crippen LogP contribution in [-0.2, 0) is 18.3 Å². The zero-order valence-electron chi connectivity index (χ0n) is 12.3. The molecular weight excluding hydrogens is 250 g/mol. The van der Waals surface area contributed by atoms with Gasteiger partial charge in [0.15, 0.2) is 0 Å².